The third-order valence-corrected chi connectivity index (χ3v) is 5.55. The van der Waals surface area contributed by atoms with Gasteiger partial charge in [0.05, 0.1) is 11.7 Å². The van der Waals surface area contributed by atoms with Gasteiger partial charge in [-0.05, 0) is 38.2 Å². The lowest BCUT2D eigenvalue weighted by molar-refractivity contribution is -0.142. The molecule has 27 heavy (non-hydrogen) atoms. The zero-order chi connectivity index (χ0) is 18.8. The summed E-state index contributed by atoms with van der Waals surface area (Å²) in [6.45, 7) is 2.88. The van der Waals surface area contributed by atoms with Crippen LogP contribution in [0.25, 0.3) is 0 Å². The van der Waals surface area contributed by atoms with E-state index in [1.807, 2.05) is 37.3 Å². The fourth-order valence-corrected chi connectivity index (χ4v) is 4.25. The van der Waals surface area contributed by atoms with Gasteiger partial charge < -0.3 is 14.8 Å². The summed E-state index contributed by atoms with van der Waals surface area (Å²) in [4.78, 5) is 25.8. The largest absolute Gasteiger partial charge is 0.459 e. The summed E-state index contributed by atoms with van der Waals surface area (Å²) in [5, 5.41) is 3.31. The summed E-state index contributed by atoms with van der Waals surface area (Å²) in [5.41, 5.74) is 3.93. The van der Waals surface area contributed by atoms with Gasteiger partial charge in [-0.3, -0.25) is 4.79 Å². The van der Waals surface area contributed by atoms with E-state index >= 15 is 0 Å². The molecule has 1 aliphatic carbocycles. The number of esters is 1. The third-order valence-electron chi connectivity index (χ3n) is 5.55. The van der Waals surface area contributed by atoms with E-state index in [2.05, 4.69) is 5.32 Å². The predicted molar refractivity (Wildman–Crippen MR) is 101 cm³/mol. The summed E-state index contributed by atoms with van der Waals surface area (Å²) in [6.07, 6.45) is 4.11. The maximum absolute atomic E-state index is 13.0. The molecule has 142 valence electrons. The molecule has 1 aromatic rings. The molecule has 4 rings (SSSR count). The molecule has 0 bridgehead atoms. The molecule has 1 saturated heterocycles. The van der Waals surface area contributed by atoms with Gasteiger partial charge in [-0.15, -0.1) is 0 Å². The molecule has 1 N–H and O–H groups in total. The van der Waals surface area contributed by atoms with E-state index in [1.54, 1.807) is 0 Å². The molecule has 2 aliphatic heterocycles. The Morgan fingerprint density at radius 2 is 2.04 bits per heavy atom. The van der Waals surface area contributed by atoms with Crippen molar-refractivity contribution in [2.24, 2.45) is 0 Å². The lowest BCUT2D eigenvalue weighted by Gasteiger charge is -2.34. The van der Waals surface area contributed by atoms with E-state index in [-0.39, 0.29) is 30.4 Å². The molecular weight excluding hydrogens is 342 g/mol. The van der Waals surface area contributed by atoms with Gasteiger partial charge in [0.25, 0.3) is 0 Å². The predicted octanol–water partition coefficient (Wildman–Crippen LogP) is 3.38. The molecule has 0 radical (unpaired) electrons. The van der Waals surface area contributed by atoms with Gasteiger partial charge in [0.15, 0.2) is 5.78 Å². The van der Waals surface area contributed by atoms with Crippen LogP contribution in [-0.4, -0.2) is 31.1 Å². The number of dihydropyridines is 1. The van der Waals surface area contributed by atoms with E-state index in [0.717, 1.165) is 54.8 Å². The number of nitrogens with one attached hydrogen (secondary N) is 1. The first-order chi connectivity index (χ1) is 13.1. The van der Waals surface area contributed by atoms with Gasteiger partial charge in [0.2, 0.25) is 0 Å². The van der Waals surface area contributed by atoms with Crippen LogP contribution in [-0.2, 0) is 19.1 Å². The Kier molecular flexibility index (Phi) is 5.12. The van der Waals surface area contributed by atoms with Crippen molar-refractivity contribution in [1.82, 2.24) is 5.32 Å². The molecule has 1 aromatic carbocycles. The van der Waals surface area contributed by atoms with Gasteiger partial charge in [-0.1, -0.05) is 30.3 Å². The summed E-state index contributed by atoms with van der Waals surface area (Å²) < 4.78 is 11.2. The van der Waals surface area contributed by atoms with Crippen molar-refractivity contribution < 1.29 is 19.1 Å². The molecule has 5 nitrogen and oxygen atoms in total. The number of hydrogen-bond acceptors (Lipinski definition) is 5. The summed E-state index contributed by atoms with van der Waals surface area (Å²) in [7, 11) is 0. The minimum Gasteiger partial charge on any atom is -0.459 e. The van der Waals surface area contributed by atoms with Crippen LogP contribution in [0.1, 0.15) is 50.5 Å². The van der Waals surface area contributed by atoms with Crippen molar-refractivity contribution in [3.63, 3.8) is 0 Å². The zero-order valence-corrected chi connectivity index (χ0v) is 15.6. The standard InChI is InChI=1S/C22H25NO4/c1-14-19(22(25)27-13-16-9-6-12-26-16)20(15-7-3-2-4-8-15)21-17(23-14)10-5-11-18(21)24/h2-4,7-8,16,20,23H,5-6,9-13H2,1H3/t16-,20-/m0/s1. The molecular formula is C22H25NO4. The van der Waals surface area contributed by atoms with Crippen molar-refractivity contribution in [2.75, 3.05) is 13.2 Å². The molecule has 2 atom stereocenters. The number of rotatable bonds is 4. The molecule has 5 heteroatoms. The lowest BCUT2D eigenvalue weighted by atomic mass is 9.75. The quantitative estimate of drug-likeness (QED) is 0.827. The molecule has 1 fully saturated rings. The fourth-order valence-electron chi connectivity index (χ4n) is 4.25. The second-order valence-electron chi connectivity index (χ2n) is 7.41. The van der Waals surface area contributed by atoms with Crippen LogP contribution in [0.3, 0.4) is 0 Å². The molecule has 0 unspecified atom stereocenters. The zero-order valence-electron chi connectivity index (χ0n) is 15.6. The van der Waals surface area contributed by atoms with Crippen molar-refractivity contribution in [1.29, 1.82) is 0 Å². The lowest BCUT2D eigenvalue weighted by Crippen LogP contribution is -2.35. The van der Waals surface area contributed by atoms with Crippen molar-refractivity contribution in [2.45, 2.75) is 51.0 Å². The fraction of sp³-hybridized carbons (Fsp3) is 0.455. The number of Topliss-reactive ketones (excluding diaryl/α,β-unsaturated/α-hetero) is 1. The maximum atomic E-state index is 13.0. The van der Waals surface area contributed by atoms with Crippen LogP contribution in [0.15, 0.2) is 52.9 Å². The SMILES string of the molecule is CC1=C(C(=O)OC[C@@H]2CCCO2)[C@H](c2ccccc2)C2=C(CCCC2=O)N1. The Balaban J connectivity index is 1.67. The molecule has 0 spiro atoms. The van der Waals surface area contributed by atoms with Gasteiger partial charge in [0, 0.05) is 35.9 Å². The van der Waals surface area contributed by atoms with Crippen LogP contribution >= 0.6 is 0 Å². The van der Waals surface area contributed by atoms with Gasteiger partial charge in [-0.2, -0.15) is 0 Å². The average Bonchev–Trinajstić information content (AvgIpc) is 3.19. The Morgan fingerprint density at radius 3 is 2.78 bits per heavy atom. The highest BCUT2D eigenvalue weighted by Crippen LogP contribution is 2.42. The van der Waals surface area contributed by atoms with Gasteiger partial charge in [0.1, 0.15) is 6.61 Å². The highest BCUT2D eigenvalue weighted by atomic mass is 16.6. The molecule has 0 saturated carbocycles. The second kappa shape index (κ2) is 7.69. The summed E-state index contributed by atoms with van der Waals surface area (Å²) >= 11 is 0. The van der Waals surface area contributed by atoms with Gasteiger partial charge >= 0.3 is 5.97 Å². The van der Waals surface area contributed by atoms with E-state index in [0.29, 0.717) is 12.0 Å². The number of benzene rings is 1. The summed E-state index contributed by atoms with van der Waals surface area (Å²) in [5.74, 6) is -0.615. The molecule has 3 aliphatic rings. The second-order valence-corrected chi connectivity index (χ2v) is 7.41. The van der Waals surface area contributed by atoms with Crippen LogP contribution in [0.5, 0.6) is 0 Å². The third kappa shape index (κ3) is 3.56. The highest BCUT2D eigenvalue weighted by molar-refractivity contribution is 6.03. The monoisotopic (exact) mass is 367 g/mol. The topological polar surface area (TPSA) is 64.6 Å². The minimum absolute atomic E-state index is 0.0207. The number of ether oxygens (including phenoxy) is 2. The Bertz CT molecular complexity index is 803. The van der Waals surface area contributed by atoms with Crippen molar-refractivity contribution in [3.8, 4) is 0 Å². The Hall–Kier alpha value is -2.40. The smallest absolute Gasteiger partial charge is 0.336 e. The number of allylic oxidation sites excluding steroid dienone is 3. The molecule has 2 heterocycles. The van der Waals surface area contributed by atoms with Crippen LogP contribution in [0.4, 0.5) is 0 Å². The van der Waals surface area contributed by atoms with E-state index in [1.165, 1.54) is 0 Å². The maximum Gasteiger partial charge on any atom is 0.336 e. The normalized spacial score (nSPS) is 25.3. The Labute approximate surface area is 159 Å². The highest BCUT2D eigenvalue weighted by Gasteiger charge is 2.39. The van der Waals surface area contributed by atoms with E-state index in [9.17, 15) is 9.59 Å². The number of carbonyl (C=O) groups excluding carboxylic acids is 2. The first kappa shape index (κ1) is 18.0. The van der Waals surface area contributed by atoms with E-state index < -0.39 is 0 Å². The van der Waals surface area contributed by atoms with Crippen molar-refractivity contribution in [3.05, 3.63) is 58.4 Å². The number of hydrogen-bond donors (Lipinski definition) is 1. The van der Waals surface area contributed by atoms with Gasteiger partial charge in [-0.25, -0.2) is 4.79 Å². The van der Waals surface area contributed by atoms with Crippen molar-refractivity contribution >= 4 is 11.8 Å². The average molecular weight is 367 g/mol. The number of ketones is 1. The first-order valence-corrected chi connectivity index (χ1v) is 9.73. The van der Waals surface area contributed by atoms with Crippen LogP contribution in [0, 0.1) is 0 Å². The molecule has 0 amide bonds. The molecule has 0 aromatic heterocycles. The first-order valence-electron chi connectivity index (χ1n) is 9.73. The minimum atomic E-state index is -0.368. The number of carbonyl (C=O) groups is 2. The van der Waals surface area contributed by atoms with E-state index in [4.69, 9.17) is 9.47 Å². The summed E-state index contributed by atoms with van der Waals surface area (Å²) in [6, 6.07) is 9.77. The van der Waals surface area contributed by atoms with Crippen LogP contribution in [0.2, 0.25) is 0 Å². The van der Waals surface area contributed by atoms with Crippen LogP contribution < -0.4 is 5.32 Å². The Morgan fingerprint density at radius 1 is 1.22 bits per heavy atom.